The highest BCUT2D eigenvalue weighted by Gasteiger charge is 2.50. The van der Waals surface area contributed by atoms with Crippen LogP contribution in [0.25, 0.3) is 0 Å². The Bertz CT molecular complexity index is 484. The van der Waals surface area contributed by atoms with Gasteiger partial charge in [0.1, 0.15) is 0 Å². The first-order chi connectivity index (χ1) is 9.07. The highest BCUT2D eigenvalue weighted by Crippen LogP contribution is 2.50. The Morgan fingerprint density at radius 1 is 1.47 bits per heavy atom. The third-order valence-electron chi connectivity index (χ3n) is 4.60. The van der Waals surface area contributed by atoms with Gasteiger partial charge in [0, 0.05) is 24.4 Å². The molecular weight excluding hydrogens is 372 g/mol. The van der Waals surface area contributed by atoms with E-state index in [-0.39, 0.29) is 5.41 Å². The van der Waals surface area contributed by atoms with Crippen molar-refractivity contribution in [2.45, 2.75) is 38.7 Å². The van der Waals surface area contributed by atoms with Crippen LogP contribution < -0.4 is 0 Å². The van der Waals surface area contributed by atoms with E-state index >= 15 is 0 Å². The Morgan fingerprint density at radius 3 is 2.74 bits per heavy atom. The predicted molar refractivity (Wildman–Crippen MR) is 82.7 cm³/mol. The molecule has 106 valence electrons. The van der Waals surface area contributed by atoms with Gasteiger partial charge in [0.15, 0.2) is 0 Å². The topological polar surface area (TPSA) is 27.1 Å². The van der Waals surface area contributed by atoms with Crippen molar-refractivity contribution in [1.29, 1.82) is 0 Å². The van der Waals surface area contributed by atoms with E-state index in [1.54, 1.807) is 0 Å². The number of hydrogen-bond acceptors (Lipinski definition) is 2. The van der Waals surface area contributed by atoms with Crippen molar-refractivity contribution in [2.75, 3.05) is 11.9 Å². The molecule has 1 aromatic heterocycles. The van der Waals surface area contributed by atoms with Crippen molar-refractivity contribution < 1.29 is 4.74 Å². The third kappa shape index (κ3) is 2.42. The summed E-state index contributed by atoms with van der Waals surface area (Å²) >= 11 is 7.45. The molecule has 0 spiro atoms. The van der Waals surface area contributed by atoms with Gasteiger partial charge in [-0.1, -0.05) is 15.9 Å². The van der Waals surface area contributed by atoms with Crippen molar-refractivity contribution in [1.82, 2.24) is 9.78 Å². The summed E-state index contributed by atoms with van der Waals surface area (Å²) in [5, 5.41) is 5.53. The van der Waals surface area contributed by atoms with Crippen LogP contribution in [0.5, 0.6) is 0 Å². The number of rotatable bonds is 4. The van der Waals surface area contributed by atoms with Gasteiger partial charge in [-0.3, -0.25) is 4.68 Å². The van der Waals surface area contributed by atoms with E-state index in [1.807, 2.05) is 11.7 Å². The molecule has 2 fully saturated rings. The number of ether oxygens (including phenoxy) is 1. The largest absolute Gasteiger partial charge is 0.377 e. The summed E-state index contributed by atoms with van der Waals surface area (Å²) < 4.78 is 9.25. The fraction of sp³-hybridized carbons (Fsp3) is 0.786. The molecule has 19 heavy (non-hydrogen) atoms. The van der Waals surface area contributed by atoms with Gasteiger partial charge < -0.3 is 4.74 Å². The minimum Gasteiger partial charge on any atom is -0.377 e. The number of aromatic nitrogens is 2. The lowest BCUT2D eigenvalue weighted by Gasteiger charge is -2.32. The summed E-state index contributed by atoms with van der Waals surface area (Å²) in [6.07, 6.45) is 5.29. The van der Waals surface area contributed by atoms with Crippen LogP contribution in [0.1, 0.15) is 30.7 Å². The van der Waals surface area contributed by atoms with Gasteiger partial charge in [-0.05, 0) is 54.5 Å². The monoisotopic (exact) mass is 390 g/mol. The highest BCUT2D eigenvalue weighted by molar-refractivity contribution is 9.10. The van der Waals surface area contributed by atoms with Gasteiger partial charge in [0.2, 0.25) is 0 Å². The Balaban J connectivity index is 1.90. The van der Waals surface area contributed by atoms with Gasteiger partial charge >= 0.3 is 0 Å². The minimum absolute atomic E-state index is 0.240. The van der Waals surface area contributed by atoms with Crippen LogP contribution in [0, 0.1) is 18.3 Å². The highest BCUT2D eigenvalue weighted by atomic mass is 79.9. The lowest BCUT2D eigenvalue weighted by atomic mass is 9.77. The Hall–Kier alpha value is 0.130. The summed E-state index contributed by atoms with van der Waals surface area (Å²) in [5.74, 6) is 0.785. The molecule has 3 nitrogen and oxygen atoms in total. The maximum absolute atomic E-state index is 6.07. The molecule has 0 bridgehead atoms. The van der Waals surface area contributed by atoms with E-state index in [2.05, 4.69) is 43.9 Å². The molecule has 2 unspecified atom stereocenters. The van der Waals surface area contributed by atoms with E-state index in [0.29, 0.717) is 6.10 Å². The fourth-order valence-electron chi connectivity index (χ4n) is 3.33. The van der Waals surface area contributed by atoms with Crippen LogP contribution in [-0.4, -0.2) is 27.8 Å². The van der Waals surface area contributed by atoms with Gasteiger partial charge in [0.05, 0.1) is 22.0 Å². The minimum atomic E-state index is 0.240. The number of nitrogens with zero attached hydrogens (tertiary/aromatic N) is 2. The van der Waals surface area contributed by atoms with Crippen molar-refractivity contribution in [2.24, 2.45) is 18.4 Å². The summed E-state index contributed by atoms with van der Waals surface area (Å²) in [6.45, 7) is 2.96. The van der Waals surface area contributed by atoms with Gasteiger partial charge in [0.25, 0.3) is 0 Å². The Labute approximate surface area is 131 Å². The summed E-state index contributed by atoms with van der Waals surface area (Å²) in [5.41, 5.74) is 2.61. The molecule has 2 heterocycles. The zero-order valence-corrected chi connectivity index (χ0v) is 14.6. The molecule has 1 aliphatic heterocycles. The third-order valence-corrected chi connectivity index (χ3v) is 6.75. The van der Waals surface area contributed by atoms with Gasteiger partial charge in [-0.15, -0.1) is 0 Å². The van der Waals surface area contributed by atoms with E-state index in [4.69, 9.17) is 4.74 Å². The van der Waals surface area contributed by atoms with Crippen LogP contribution >= 0.6 is 31.9 Å². The number of aryl methyl sites for hydroxylation is 2. The SMILES string of the molecule is Cc1nn(C)c(CC2(CBr)CCOC2C2CC2)c1Br. The van der Waals surface area contributed by atoms with Crippen LogP contribution in [0.4, 0.5) is 0 Å². The molecule has 3 rings (SSSR count). The lowest BCUT2D eigenvalue weighted by Crippen LogP contribution is -2.37. The first kappa shape index (κ1) is 14.1. The average Bonchev–Trinajstić information content (AvgIpc) is 3.11. The number of alkyl halides is 1. The standard InChI is InChI=1S/C14H20Br2N2O/c1-9-12(16)11(18(2)17-9)7-14(8-15)5-6-19-13(14)10-3-4-10/h10,13H,3-8H2,1-2H3. The first-order valence-corrected chi connectivity index (χ1v) is 8.84. The summed E-state index contributed by atoms with van der Waals surface area (Å²) in [6, 6.07) is 0. The van der Waals surface area contributed by atoms with E-state index in [1.165, 1.54) is 18.5 Å². The molecule has 1 saturated carbocycles. The summed E-state index contributed by atoms with van der Waals surface area (Å²) in [4.78, 5) is 0. The molecule has 0 radical (unpaired) electrons. The molecule has 0 N–H and O–H groups in total. The second-order valence-corrected chi connectivity index (χ2v) is 7.38. The first-order valence-electron chi connectivity index (χ1n) is 6.93. The number of halogens is 2. The van der Waals surface area contributed by atoms with Crippen LogP contribution in [0.2, 0.25) is 0 Å². The van der Waals surface area contributed by atoms with Crippen molar-refractivity contribution in [3.05, 3.63) is 15.9 Å². The molecular formula is C14H20Br2N2O. The number of hydrogen-bond donors (Lipinski definition) is 0. The maximum atomic E-state index is 6.07. The van der Waals surface area contributed by atoms with Gasteiger partial charge in [-0.2, -0.15) is 5.10 Å². The van der Waals surface area contributed by atoms with Crippen molar-refractivity contribution >= 4 is 31.9 Å². The molecule has 1 aliphatic carbocycles. The van der Waals surface area contributed by atoms with Crippen LogP contribution in [0.15, 0.2) is 4.47 Å². The lowest BCUT2D eigenvalue weighted by molar-refractivity contribution is 0.0405. The predicted octanol–water partition coefficient (Wildman–Crippen LogP) is 3.61. The molecule has 0 aromatic carbocycles. The van der Waals surface area contributed by atoms with E-state index < -0.39 is 0 Å². The Morgan fingerprint density at radius 2 is 2.21 bits per heavy atom. The normalized spacial score (nSPS) is 31.1. The molecule has 2 aliphatic rings. The average molecular weight is 392 g/mol. The molecule has 1 saturated heterocycles. The molecule has 5 heteroatoms. The van der Waals surface area contributed by atoms with Crippen LogP contribution in [-0.2, 0) is 18.2 Å². The van der Waals surface area contributed by atoms with E-state index in [9.17, 15) is 0 Å². The Kier molecular flexibility index (Phi) is 3.82. The van der Waals surface area contributed by atoms with Crippen molar-refractivity contribution in [3.63, 3.8) is 0 Å². The summed E-state index contributed by atoms with van der Waals surface area (Å²) in [7, 11) is 2.04. The van der Waals surface area contributed by atoms with E-state index in [0.717, 1.165) is 40.9 Å². The zero-order valence-electron chi connectivity index (χ0n) is 11.5. The van der Waals surface area contributed by atoms with Gasteiger partial charge in [-0.25, -0.2) is 0 Å². The molecule has 0 amide bonds. The quantitative estimate of drug-likeness (QED) is 0.733. The fourth-order valence-corrected chi connectivity index (χ4v) is 4.60. The molecule has 2 atom stereocenters. The van der Waals surface area contributed by atoms with Crippen LogP contribution in [0.3, 0.4) is 0 Å². The zero-order chi connectivity index (χ0) is 13.6. The second-order valence-electron chi connectivity index (χ2n) is 6.02. The van der Waals surface area contributed by atoms with Crippen molar-refractivity contribution in [3.8, 4) is 0 Å². The molecule has 1 aromatic rings. The second kappa shape index (κ2) is 5.15. The smallest absolute Gasteiger partial charge is 0.0738 e. The maximum Gasteiger partial charge on any atom is 0.0738 e.